The lowest BCUT2D eigenvalue weighted by molar-refractivity contribution is 0.0998. The summed E-state index contributed by atoms with van der Waals surface area (Å²) in [6, 6.07) is 23.4. The van der Waals surface area contributed by atoms with Crippen LogP contribution in [0.3, 0.4) is 0 Å². The quantitative estimate of drug-likeness (QED) is 0.399. The van der Waals surface area contributed by atoms with Gasteiger partial charge in [0.2, 0.25) is 0 Å². The summed E-state index contributed by atoms with van der Waals surface area (Å²) in [4.78, 5) is 17.4. The Kier molecular flexibility index (Phi) is 3.95. The molecule has 5 rings (SSSR count). The van der Waals surface area contributed by atoms with Gasteiger partial charge >= 0.3 is 0 Å². The Morgan fingerprint density at radius 2 is 1.82 bits per heavy atom. The molecule has 0 aliphatic rings. The number of benzene rings is 3. The van der Waals surface area contributed by atoms with E-state index in [2.05, 4.69) is 11.4 Å². The number of anilines is 1. The highest BCUT2D eigenvalue weighted by molar-refractivity contribution is 7.21. The molecule has 4 nitrogen and oxygen atoms in total. The third-order valence-electron chi connectivity index (χ3n) is 4.68. The fourth-order valence-electron chi connectivity index (χ4n) is 3.16. The fourth-order valence-corrected chi connectivity index (χ4v) is 4.13. The van der Waals surface area contributed by atoms with E-state index >= 15 is 0 Å². The predicted octanol–water partition coefficient (Wildman–Crippen LogP) is 6.27. The van der Waals surface area contributed by atoms with Crippen molar-refractivity contribution in [1.82, 2.24) is 4.98 Å². The number of thiazole rings is 1. The molecule has 0 bridgehead atoms. The van der Waals surface area contributed by atoms with E-state index in [1.165, 1.54) is 0 Å². The summed E-state index contributed by atoms with van der Waals surface area (Å²) in [6.07, 6.45) is 0. The molecule has 0 unspecified atom stereocenters. The number of aromatic nitrogens is 1. The van der Waals surface area contributed by atoms with E-state index in [4.69, 9.17) is 9.40 Å². The highest BCUT2D eigenvalue weighted by Gasteiger charge is 2.15. The van der Waals surface area contributed by atoms with Crippen molar-refractivity contribution in [1.29, 1.82) is 0 Å². The summed E-state index contributed by atoms with van der Waals surface area (Å²) >= 11 is 1.64. The number of hydrogen-bond donors (Lipinski definition) is 1. The SMILES string of the molecule is Cc1ccc(-c2nc3ccccc3s2)cc1NC(=O)c1cc2ccccc2o1. The summed E-state index contributed by atoms with van der Waals surface area (Å²) in [5.74, 6) is 0.0340. The molecule has 136 valence electrons. The molecule has 2 aromatic heterocycles. The molecule has 0 atom stereocenters. The maximum atomic E-state index is 12.7. The number of para-hydroxylation sites is 2. The molecule has 3 aromatic carbocycles. The second-order valence-electron chi connectivity index (χ2n) is 6.62. The molecule has 0 aliphatic carbocycles. The van der Waals surface area contributed by atoms with Gasteiger partial charge in [-0.05, 0) is 42.8 Å². The molecule has 28 heavy (non-hydrogen) atoms. The summed E-state index contributed by atoms with van der Waals surface area (Å²) in [7, 11) is 0. The number of hydrogen-bond acceptors (Lipinski definition) is 4. The number of fused-ring (bicyclic) bond motifs is 2. The summed E-state index contributed by atoms with van der Waals surface area (Å²) in [5, 5.41) is 4.82. The summed E-state index contributed by atoms with van der Waals surface area (Å²) in [6.45, 7) is 1.97. The first-order valence-corrected chi connectivity index (χ1v) is 9.75. The van der Waals surface area contributed by atoms with Gasteiger partial charge < -0.3 is 9.73 Å². The molecule has 0 spiro atoms. The standard InChI is InChI=1S/C23H16N2O2S/c1-14-10-11-16(23-25-17-7-3-5-9-21(17)28-23)12-18(14)24-22(26)20-13-15-6-2-4-8-19(15)27-20/h2-13H,1H3,(H,24,26). The molecule has 5 aromatic rings. The topological polar surface area (TPSA) is 55.1 Å². The second-order valence-corrected chi connectivity index (χ2v) is 7.65. The van der Waals surface area contributed by atoms with E-state index in [0.29, 0.717) is 11.3 Å². The molecule has 0 fully saturated rings. The van der Waals surface area contributed by atoms with E-state index < -0.39 is 0 Å². The van der Waals surface area contributed by atoms with Gasteiger partial charge in [0.1, 0.15) is 10.6 Å². The first kappa shape index (κ1) is 16.7. The van der Waals surface area contributed by atoms with Crippen LogP contribution in [-0.2, 0) is 0 Å². The average Bonchev–Trinajstić information content (AvgIpc) is 3.33. The van der Waals surface area contributed by atoms with Crippen LogP contribution in [0.1, 0.15) is 16.1 Å². The smallest absolute Gasteiger partial charge is 0.291 e. The van der Waals surface area contributed by atoms with Gasteiger partial charge in [-0.15, -0.1) is 11.3 Å². The lowest BCUT2D eigenvalue weighted by Crippen LogP contribution is -2.11. The Labute approximate surface area is 165 Å². The van der Waals surface area contributed by atoms with Crippen molar-refractivity contribution >= 4 is 44.1 Å². The Balaban J connectivity index is 1.47. The summed E-state index contributed by atoms with van der Waals surface area (Å²) in [5.41, 5.74) is 4.40. The van der Waals surface area contributed by atoms with Crippen LogP contribution >= 0.6 is 11.3 Å². The zero-order valence-corrected chi connectivity index (χ0v) is 15.9. The number of amides is 1. The van der Waals surface area contributed by atoms with E-state index in [1.807, 2.05) is 67.6 Å². The Morgan fingerprint density at radius 3 is 2.68 bits per heavy atom. The van der Waals surface area contributed by atoms with Gasteiger partial charge in [0.15, 0.2) is 5.76 Å². The molecule has 1 amide bonds. The molecule has 0 saturated carbocycles. The lowest BCUT2D eigenvalue weighted by atomic mass is 10.1. The first-order valence-electron chi connectivity index (χ1n) is 8.94. The van der Waals surface area contributed by atoms with E-state index in [-0.39, 0.29) is 5.91 Å². The van der Waals surface area contributed by atoms with Gasteiger partial charge in [-0.1, -0.05) is 42.5 Å². The van der Waals surface area contributed by atoms with Crippen LogP contribution in [0.2, 0.25) is 0 Å². The molecule has 0 radical (unpaired) electrons. The molecule has 5 heteroatoms. The normalized spacial score (nSPS) is 11.2. The average molecular weight is 384 g/mol. The van der Waals surface area contributed by atoms with Crippen LogP contribution in [0.25, 0.3) is 31.8 Å². The van der Waals surface area contributed by atoms with Crippen LogP contribution in [0.15, 0.2) is 77.2 Å². The molecule has 2 heterocycles. The van der Waals surface area contributed by atoms with E-state index in [1.54, 1.807) is 17.4 Å². The third-order valence-corrected chi connectivity index (χ3v) is 5.76. The van der Waals surface area contributed by atoms with Crippen LogP contribution in [-0.4, -0.2) is 10.9 Å². The van der Waals surface area contributed by atoms with Crippen molar-refractivity contribution in [2.24, 2.45) is 0 Å². The first-order chi connectivity index (χ1) is 13.7. The molecular weight excluding hydrogens is 368 g/mol. The molecule has 1 N–H and O–H groups in total. The van der Waals surface area contributed by atoms with Crippen molar-refractivity contribution in [3.8, 4) is 10.6 Å². The van der Waals surface area contributed by atoms with Gasteiger partial charge in [0.25, 0.3) is 5.91 Å². The lowest BCUT2D eigenvalue weighted by Gasteiger charge is -2.08. The highest BCUT2D eigenvalue weighted by Crippen LogP contribution is 2.32. The Hall–Kier alpha value is -3.44. The second kappa shape index (κ2) is 6.62. The molecular formula is C23H16N2O2S. The minimum Gasteiger partial charge on any atom is -0.451 e. The number of rotatable bonds is 3. The van der Waals surface area contributed by atoms with Gasteiger partial charge in [-0.2, -0.15) is 0 Å². The zero-order chi connectivity index (χ0) is 19.1. The fraction of sp³-hybridized carbons (Fsp3) is 0.0435. The van der Waals surface area contributed by atoms with E-state index in [0.717, 1.165) is 37.4 Å². The van der Waals surface area contributed by atoms with Gasteiger partial charge in [0.05, 0.1) is 10.2 Å². The van der Waals surface area contributed by atoms with Gasteiger partial charge in [0, 0.05) is 16.6 Å². The van der Waals surface area contributed by atoms with Crippen LogP contribution in [0.5, 0.6) is 0 Å². The van der Waals surface area contributed by atoms with Crippen LogP contribution in [0, 0.1) is 6.92 Å². The minimum absolute atomic E-state index is 0.263. The maximum absolute atomic E-state index is 12.7. The monoisotopic (exact) mass is 384 g/mol. The van der Waals surface area contributed by atoms with Crippen LogP contribution < -0.4 is 5.32 Å². The number of nitrogens with zero attached hydrogens (tertiary/aromatic N) is 1. The van der Waals surface area contributed by atoms with E-state index in [9.17, 15) is 4.79 Å². The maximum Gasteiger partial charge on any atom is 0.291 e. The van der Waals surface area contributed by atoms with Crippen molar-refractivity contribution in [3.63, 3.8) is 0 Å². The highest BCUT2D eigenvalue weighted by atomic mass is 32.1. The number of aryl methyl sites for hydroxylation is 1. The third kappa shape index (κ3) is 2.96. The van der Waals surface area contributed by atoms with Crippen molar-refractivity contribution < 1.29 is 9.21 Å². The molecule has 0 saturated heterocycles. The Morgan fingerprint density at radius 1 is 1.00 bits per heavy atom. The zero-order valence-electron chi connectivity index (χ0n) is 15.1. The number of carbonyl (C=O) groups is 1. The number of carbonyl (C=O) groups excluding carboxylic acids is 1. The van der Waals surface area contributed by atoms with Gasteiger partial charge in [-0.3, -0.25) is 4.79 Å². The van der Waals surface area contributed by atoms with Crippen molar-refractivity contribution in [2.75, 3.05) is 5.32 Å². The number of nitrogens with one attached hydrogen (secondary N) is 1. The minimum atomic E-state index is -0.263. The van der Waals surface area contributed by atoms with Crippen LogP contribution in [0.4, 0.5) is 5.69 Å². The predicted molar refractivity (Wildman–Crippen MR) is 114 cm³/mol. The van der Waals surface area contributed by atoms with Gasteiger partial charge in [-0.25, -0.2) is 4.98 Å². The summed E-state index contributed by atoms with van der Waals surface area (Å²) < 4.78 is 6.82. The number of furan rings is 1. The Bertz CT molecular complexity index is 1270. The largest absolute Gasteiger partial charge is 0.451 e. The molecule has 0 aliphatic heterocycles. The van der Waals surface area contributed by atoms with Crippen molar-refractivity contribution in [3.05, 3.63) is 84.1 Å². The van der Waals surface area contributed by atoms with Crippen molar-refractivity contribution in [2.45, 2.75) is 6.92 Å².